The van der Waals surface area contributed by atoms with Crippen LogP contribution in [0.3, 0.4) is 0 Å². The van der Waals surface area contributed by atoms with Crippen LogP contribution in [0.5, 0.6) is 0 Å². The van der Waals surface area contributed by atoms with Gasteiger partial charge in [0.2, 0.25) is 0 Å². The summed E-state index contributed by atoms with van der Waals surface area (Å²) in [6.45, 7) is 17.4. The number of allylic oxidation sites excluding steroid dienone is 9. The molecule has 3 fully saturated rings. The van der Waals surface area contributed by atoms with E-state index >= 15 is 0 Å². The summed E-state index contributed by atoms with van der Waals surface area (Å²) in [6.07, 6.45) is 45.7. The van der Waals surface area contributed by atoms with E-state index in [2.05, 4.69) is 103 Å². The Kier molecular flexibility index (Phi) is 17.4. The van der Waals surface area contributed by atoms with Crippen molar-refractivity contribution in [1.29, 1.82) is 0 Å². The van der Waals surface area contributed by atoms with Crippen molar-refractivity contribution in [2.75, 3.05) is 0 Å². The molecule has 0 saturated heterocycles. The van der Waals surface area contributed by atoms with E-state index in [9.17, 15) is 4.79 Å². The maximum absolute atomic E-state index is 12.8. The van der Waals surface area contributed by atoms with Crippen molar-refractivity contribution in [3.05, 3.63) is 60.3 Å². The summed E-state index contributed by atoms with van der Waals surface area (Å²) in [5.74, 6) is 6.03. The maximum atomic E-state index is 12.8. The van der Waals surface area contributed by atoms with E-state index in [0.29, 0.717) is 17.3 Å². The molecule has 0 radical (unpaired) electrons. The first-order valence-electron chi connectivity index (χ1n) is 22.1. The quantitative estimate of drug-likeness (QED) is 0.0677. The third-order valence-corrected chi connectivity index (χ3v) is 14.8. The Balaban J connectivity index is 1.14. The van der Waals surface area contributed by atoms with Gasteiger partial charge in [0.1, 0.15) is 6.10 Å². The van der Waals surface area contributed by atoms with Gasteiger partial charge in [0.15, 0.2) is 0 Å². The first-order chi connectivity index (χ1) is 24.6. The Morgan fingerprint density at radius 2 is 1.47 bits per heavy atom. The Labute approximate surface area is 316 Å². The van der Waals surface area contributed by atoms with Gasteiger partial charge in [-0.25, -0.2) is 0 Å². The fraction of sp³-hybridized carbons (Fsp3) is 0.776. The maximum Gasteiger partial charge on any atom is 0.306 e. The largest absolute Gasteiger partial charge is 0.462 e. The number of hydrogen-bond donors (Lipinski definition) is 0. The summed E-state index contributed by atoms with van der Waals surface area (Å²) >= 11 is 0. The van der Waals surface area contributed by atoms with Crippen molar-refractivity contribution >= 4 is 5.97 Å². The molecule has 0 bridgehead atoms. The molecule has 0 aromatic carbocycles. The average molecular weight is 701 g/mol. The number of unbranched alkanes of at least 4 members (excludes halogenated alkanes) is 4. The summed E-state index contributed by atoms with van der Waals surface area (Å²) < 4.78 is 6.11. The minimum atomic E-state index is 0.00646. The van der Waals surface area contributed by atoms with Crippen LogP contribution in [0.25, 0.3) is 0 Å². The number of carbonyl (C=O) groups is 1. The number of hydrogen-bond acceptors (Lipinski definition) is 2. The van der Waals surface area contributed by atoms with E-state index in [1.54, 1.807) is 5.57 Å². The third kappa shape index (κ3) is 11.6. The van der Waals surface area contributed by atoms with Gasteiger partial charge >= 0.3 is 5.97 Å². The fourth-order valence-corrected chi connectivity index (χ4v) is 11.6. The number of carbonyl (C=O) groups excluding carboxylic acids is 1. The van der Waals surface area contributed by atoms with Crippen LogP contribution in [0.15, 0.2) is 60.3 Å². The fourth-order valence-electron chi connectivity index (χ4n) is 11.6. The van der Waals surface area contributed by atoms with E-state index < -0.39 is 0 Å². The molecule has 288 valence electrons. The zero-order chi connectivity index (χ0) is 36.7. The van der Waals surface area contributed by atoms with Gasteiger partial charge in [-0.1, -0.05) is 134 Å². The molecule has 0 aromatic heterocycles. The van der Waals surface area contributed by atoms with Gasteiger partial charge in [0.25, 0.3) is 0 Å². The SMILES string of the molecule is CCCCC/C=C\C/C=C\C/C=C\C/C=C\CCCC(=O)O[C@H]1CC[C@@]2(C)C(=CC[C@H]3[C@@H]4CC[C@H]([C@H](C)CC[C@@H](CC)C(C)C)[C@@]4(C)CC[C@@H]32)C1. The molecule has 3 saturated carbocycles. The topological polar surface area (TPSA) is 26.3 Å². The summed E-state index contributed by atoms with van der Waals surface area (Å²) in [5, 5.41) is 0. The first kappa shape index (κ1) is 41.9. The summed E-state index contributed by atoms with van der Waals surface area (Å²) in [7, 11) is 0. The summed E-state index contributed by atoms with van der Waals surface area (Å²) in [4.78, 5) is 12.8. The second-order valence-electron chi connectivity index (χ2n) is 18.3. The minimum absolute atomic E-state index is 0.00646. The van der Waals surface area contributed by atoms with Crippen molar-refractivity contribution < 1.29 is 9.53 Å². The lowest BCUT2D eigenvalue weighted by Gasteiger charge is -2.58. The van der Waals surface area contributed by atoms with Gasteiger partial charge < -0.3 is 4.74 Å². The molecular weight excluding hydrogens is 621 g/mol. The smallest absolute Gasteiger partial charge is 0.306 e. The molecule has 4 rings (SSSR count). The molecule has 2 heteroatoms. The third-order valence-electron chi connectivity index (χ3n) is 14.8. The molecule has 0 aliphatic heterocycles. The van der Waals surface area contributed by atoms with E-state index in [4.69, 9.17) is 4.74 Å². The van der Waals surface area contributed by atoms with Crippen LogP contribution < -0.4 is 0 Å². The highest BCUT2D eigenvalue weighted by molar-refractivity contribution is 5.69. The van der Waals surface area contributed by atoms with E-state index in [1.807, 2.05) is 0 Å². The molecule has 0 unspecified atom stereocenters. The zero-order valence-corrected chi connectivity index (χ0v) is 34.5. The molecule has 0 aromatic rings. The number of rotatable bonds is 21. The van der Waals surface area contributed by atoms with E-state index in [0.717, 1.165) is 86.4 Å². The molecule has 9 atom stereocenters. The molecule has 0 spiro atoms. The van der Waals surface area contributed by atoms with Crippen LogP contribution in [0, 0.1) is 52.3 Å². The van der Waals surface area contributed by atoms with Crippen LogP contribution in [-0.4, -0.2) is 12.1 Å². The zero-order valence-electron chi connectivity index (χ0n) is 34.5. The normalized spacial score (nSPS) is 32.1. The standard InChI is InChI=1S/C49H80O2/c1-8-10-11-12-13-14-15-16-17-18-19-20-21-22-23-24-25-26-47(50)51-42-33-35-48(6)41(37-42)29-30-43-45-32-31-44(49(45,7)36-34-46(43)48)39(5)27-28-40(9-2)38(3)4/h13-14,16-17,19-20,22-23,29,38-40,42-46H,8-12,15,18,21,24-28,30-37H2,1-7H3/b14-13-,17-16-,20-19-,23-22-/t39-,40-,42+,43+,44-,45+,46+,48+,49-/m1/s1. The highest BCUT2D eigenvalue weighted by atomic mass is 16.5. The Hall–Kier alpha value is -1.83. The lowest BCUT2D eigenvalue weighted by atomic mass is 9.47. The molecule has 2 nitrogen and oxygen atoms in total. The lowest BCUT2D eigenvalue weighted by molar-refractivity contribution is -0.151. The van der Waals surface area contributed by atoms with E-state index in [-0.39, 0.29) is 12.1 Å². The molecule has 0 N–H and O–H groups in total. The van der Waals surface area contributed by atoms with Crippen molar-refractivity contribution in [2.45, 2.75) is 189 Å². The number of ether oxygens (including phenoxy) is 1. The predicted molar refractivity (Wildman–Crippen MR) is 220 cm³/mol. The van der Waals surface area contributed by atoms with Gasteiger partial charge in [-0.15, -0.1) is 0 Å². The molecule has 51 heavy (non-hydrogen) atoms. The van der Waals surface area contributed by atoms with Crippen LogP contribution in [0.4, 0.5) is 0 Å². The molecular formula is C49H80O2. The second kappa shape index (κ2) is 21.2. The highest BCUT2D eigenvalue weighted by Gasteiger charge is 2.59. The average Bonchev–Trinajstić information content (AvgIpc) is 3.47. The first-order valence-corrected chi connectivity index (χ1v) is 22.1. The Morgan fingerprint density at radius 3 is 2.12 bits per heavy atom. The van der Waals surface area contributed by atoms with Crippen molar-refractivity contribution in [1.82, 2.24) is 0 Å². The Morgan fingerprint density at radius 1 is 0.804 bits per heavy atom. The van der Waals surface area contributed by atoms with Crippen molar-refractivity contribution in [3.8, 4) is 0 Å². The molecule has 4 aliphatic rings. The number of esters is 1. The van der Waals surface area contributed by atoms with Gasteiger partial charge in [-0.05, 0) is 149 Å². The van der Waals surface area contributed by atoms with Gasteiger partial charge in [0, 0.05) is 12.8 Å². The van der Waals surface area contributed by atoms with Crippen LogP contribution in [0.1, 0.15) is 183 Å². The second-order valence-corrected chi connectivity index (χ2v) is 18.3. The van der Waals surface area contributed by atoms with Gasteiger partial charge in [-0.3, -0.25) is 4.79 Å². The molecule has 0 amide bonds. The predicted octanol–water partition coefficient (Wildman–Crippen LogP) is 14.7. The molecule has 4 aliphatic carbocycles. The lowest BCUT2D eigenvalue weighted by Crippen LogP contribution is -2.51. The minimum Gasteiger partial charge on any atom is -0.462 e. The Bertz CT molecular complexity index is 1180. The van der Waals surface area contributed by atoms with Crippen LogP contribution >= 0.6 is 0 Å². The van der Waals surface area contributed by atoms with Gasteiger partial charge in [0.05, 0.1) is 0 Å². The van der Waals surface area contributed by atoms with Crippen molar-refractivity contribution in [3.63, 3.8) is 0 Å². The van der Waals surface area contributed by atoms with Crippen LogP contribution in [0.2, 0.25) is 0 Å². The summed E-state index contributed by atoms with van der Waals surface area (Å²) in [6, 6.07) is 0. The molecule has 0 heterocycles. The van der Waals surface area contributed by atoms with Crippen molar-refractivity contribution in [2.24, 2.45) is 52.3 Å². The monoisotopic (exact) mass is 701 g/mol. The highest BCUT2D eigenvalue weighted by Crippen LogP contribution is 2.67. The van der Waals surface area contributed by atoms with E-state index in [1.165, 1.54) is 83.5 Å². The number of fused-ring (bicyclic) bond motifs is 5. The summed E-state index contributed by atoms with van der Waals surface area (Å²) in [5.41, 5.74) is 2.46. The van der Waals surface area contributed by atoms with Gasteiger partial charge in [-0.2, -0.15) is 0 Å². The van der Waals surface area contributed by atoms with Crippen LogP contribution in [-0.2, 0) is 9.53 Å².